The monoisotopic (exact) mass is 242 g/mol. The molecule has 1 rings (SSSR count). The molecule has 0 bridgehead atoms. The first-order valence-electron chi connectivity index (χ1n) is 5.17. The summed E-state index contributed by atoms with van der Waals surface area (Å²) in [7, 11) is 0. The highest BCUT2D eigenvalue weighted by Crippen LogP contribution is 2.11. The number of halogens is 1. The lowest BCUT2D eigenvalue weighted by atomic mass is 10.1. The number of nitrogens with zero attached hydrogens (tertiary/aromatic N) is 1. The molecule has 88 valence electrons. The molecule has 2 N–H and O–H groups in total. The van der Waals surface area contributed by atoms with Crippen LogP contribution < -0.4 is 5.32 Å². The van der Waals surface area contributed by atoms with Crippen LogP contribution >= 0.6 is 11.6 Å². The van der Waals surface area contributed by atoms with Crippen LogP contribution in [0.3, 0.4) is 0 Å². The number of pyridine rings is 1. The largest absolute Gasteiger partial charge is 0.396 e. The Labute approximate surface area is 99.6 Å². The minimum atomic E-state index is -0.233. The first-order chi connectivity index (χ1) is 7.65. The second kappa shape index (κ2) is 6.45. The summed E-state index contributed by atoms with van der Waals surface area (Å²) in [6.45, 7) is 2.02. The van der Waals surface area contributed by atoms with Crippen LogP contribution in [0.2, 0.25) is 5.15 Å². The molecular formula is C11H15ClN2O2. The van der Waals surface area contributed by atoms with E-state index in [1.54, 1.807) is 12.1 Å². The molecule has 1 unspecified atom stereocenters. The lowest BCUT2D eigenvalue weighted by Crippen LogP contribution is -2.32. The lowest BCUT2D eigenvalue weighted by Gasteiger charge is -2.13. The first kappa shape index (κ1) is 12.9. The van der Waals surface area contributed by atoms with Crippen molar-refractivity contribution in [3.8, 4) is 0 Å². The van der Waals surface area contributed by atoms with E-state index in [0.717, 1.165) is 6.42 Å². The van der Waals surface area contributed by atoms with Crippen LogP contribution in [0.1, 0.15) is 30.1 Å². The van der Waals surface area contributed by atoms with E-state index in [1.807, 2.05) is 6.92 Å². The molecule has 0 aromatic carbocycles. The molecule has 1 heterocycles. The third-order valence-electron chi connectivity index (χ3n) is 2.18. The van der Waals surface area contributed by atoms with Crippen molar-refractivity contribution >= 4 is 17.5 Å². The van der Waals surface area contributed by atoms with Crippen molar-refractivity contribution in [2.75, 3.05) is 6.61 Å². The van der Waals surface area contributed by atoms with Crippen LogP contribution in [0.15, 0.2) is 18.3 Å². The summed E-state index contributed by atoms with van der Waals surface area (Å²) < 4.78 is 0. The molecule has 0 radical (unpaired) electrons. The number of carbonyl (C=O) groups excluding carboxylic acids is 1. The van der Waals surface area contributed by atoms with Gasteiger partial charge in [0, 0.05) is 18.8 Å². The van der Waals surface area contributed by atoms with Crippen LogP contribution in [-0.4, -0.2) is 28.6 Å². The van der Waals surface area contributed by atoms with Crippen molar-refractivity contribution in [2.24, 2.45) is 0 Å². The van der Waals surface area contributed by atoms with E-state index in [-0.39, 0.29) is 23.7 Å². The third kappa shape index (κ3) is 3.79. The highest BCUT2D eigenvalue weighted by Gasteiger charge is 2.12. The maximum atomic E-state index is 11.7. The second-order valence-electron chi connectivity index (χ2n) is 3.58. The maximum Gasteiger partial charge on any atom is 0.254 e. The van der Waals surface area contributed by atoms with Gasteiger partial charge in [-0.3, -0.25) is 4.79 Å². The number of rotatable bonds is 5. The Morgan fingerprint density at radius 1 is 1.69 bits per heavy atom. The SMILES string of the molecule is CC(CCCO)NC(=O)c1cccnc1Cl. The Bertz CT molecular complexity index is 358. The Morgan fingerprint density at radius 2 is 2.44 bits per heavy atom. The van der Waals surface area contributed by atoms with E-state index in [1.165, 1.54) is 6.20 Å². The van der Waals surface area contributed by atoms with Gasteiger partial charge in [0.05, 0.1) is 5.56 Å². The summed E-state index contributed by atoms with van der Waals surface area (Å²) in [5, 5.41) is 11.7. The van der Waals surface area contributed by atoms with Gasteiger partial charge in [-0.2, -0.15) is 0 Å². The molecule has 0 aliphatic rings. The fourth-order valence-electron chi connectivity index (χ4n) is 1.33. The highest BCUT2D eigenvalue weighted by molar-refractivity contribution is 6.32. The van der Waals surface area contributed by atoms with Gasteiger partial charge in [-0.1, -0.05) is 11.6 Å². The van der Waals surface area contributed by atoms with Crippen molar-refractivity contribution in [3.63, 3.8) is 0 Å². The van der Waals surface area contributed by atoms with Gasteiger partial charge in [0.2, 0.25) is 0 Å². The zero-order valence-corrected chi connectivity index (χ0v) is 9.87. The van der Waals surface area contributed by atoms with Gasteiger partial charge in [-0.05, 0) is 31.9 Å². The molecule has 1 amide bonds. The quantitative estimate of drug-likeness (QED) is 0.772. The summed E-state index contributed by atoms with van der Waals surface area (Å²) in [5.41, 5.74) is 0.375. The summed E-state index contributed by atoms with van der Waals surface area (Å²) in [6, 6.07) is 3.30. The summed E-state index contributed by atoms with van der Waals surface area (Å²) in [4.78, 5) is 15.6. The molecule has 1 aromatic heterocycles. The normalized spacial score (nSPS) is 12.2. The van der Waals surface area contributed by atoms with E-state index in [2.05, 4.69) is 10.3 Å². The highest BCUT2D eigenvalue weighted by atomic mass is 35.5. The van der Waals surface area contributed by atoms with Gasteiger partial charge in [-0.15, -0.1) is 0 Å². The van der Waals surface area contributed by atoms with Crippen LogP contribution in [0, 0.1) is 0 Å². The number of aromatic nitrogens is 1. The van der Waals surface area contributed by atoms with Gasteiger partial charge < -0.3 is 10.4 Å². The standard InChI is InChI=1S/C11H15ClN2O2/c1-8(4-3-7-15)14-11(16)9-5-2-6-13-10(9)12/h2,5-6,8,15H,3-4,7H2,1H3,(H,14,16). The molecule has 4 nitrogen and oxygen atoms in total. The van der Waals surface area contributed by atoms with E-state index in [9.17, 15) is 4.79 Å². The van der Waals surface area contributed by atoms with E-state index in [0.29, 0.717) is 12.0 Å². The molecule has 1 aromatic rings. The summed E-state index contributed by atoms with van der Waals surface area (Å²) >= 11 is 5.79. The average Bonchev–Trinajstić information content (AvgIpc) is 2.26. The van der Waals surface area contributed by atoms with Crippen molar-refractivity contribution in [3.05, 3.63) is 29.0 Å². The molecule has 5 heteroatoms. The van der Waals surface area contributed by atoms with Crippen molar-refractivity contribution < 1.29 is 9.90 Å². The predicted molar refractivity (Wildman–Crippen MR) is 62.5 cm³/mol. The molecule has 0 saturated carbocycles. The van der Waals surface area contributed by atoms with Crippen molar-refractivity contribution in [1.82, 2.24) is 10.3 Å². The van der Waals surface area contributed by atoms with Crippen LogP contribution in [0.5, 0.6) is 0 Å². The molecule has 0 spiro atoms. The maximum absolute atomic E-state index is 11.7. The Kier molecular flexibility index (Phi) is 5.22. The zero-order chi connectivity index (χ0) is 12.0. The van der Waals surface area contributed by atoms with Crippen LogP contribution in [0.25, 0.3) is 0 Å². The topological polar surface area (TPSA) is 62.2 Å². The number of hydrogen-bond acceptors (Lipinski definition) is 3. The molecule has 1 atom stereocenters. The average molecular weight is 243 g/mol. The smallest absolute Gasteiger partial charge is 0.254 e. The first-order valence-corrected chi connectivity index (χ1v) is 5.55. The third-order valence-corrected chi connectivity index (χ3v) is 2.48. The minimum Gasteiger partial charge on any atom is -0.396 e. The van der Waals surface area contributed by atoms with E-state index >= 15 is 0 Å². The van der Waals surface area contributed by atoms with Crippen molar-refractivity contribution in [1.29, 1.82) is 0 Å². The van der Waals surface area contributed by atoms with Crippen LogP contribution in [0.4, 0.5) is 0 Å². The van der Waals surface area contributed by atoms with Crippen molar-refractivity contribution in [2.45, 2.75) is 25.8 Å². The van der Waals surface area contributed by atoms with Gasteiger partial charge in [0.1, 0.15) is 5.15 Å². The van der Waals surface area contributed by atoms with Gasteiger partial charge in [0.15, 0.2) is 0 Å². The minimum absolute atomic E-state index is 0.0101. The Balaban J connectivity index is 2.56. The van der Waals surface area contributed by atoms with Gasteiger partial charge >= 0.3 is 0 Å². The zero-order valence-electron chi connectivity index (χ0n) is 9.11. The molecule has 0 fully saturated rings. The van der Waals surface area contributed by atoms with Gasteiger partial charge in [-0.25, -0.2) is 4.98 Å². The molecular weight excluding hydrogens is 228 g/mol. The van der Waals surface area contributed by atoms with E-state index in [4.69, 9.17) is 16.7 Å². The molecule has 0 saturated heterocycles. The number of carbonyl (C=O) groups is 1. The predicted octanol–water partition coefficient (Wildman–Crippen LogP) is 1.63. The lowest BCUT2D eigenvalue weighted by molar-refractivity contribution is 0.0936. The fourth-order valence-corrected chi connectivity index (χ4v) is 1.53. The van der Waals surface area contributed by atoms with E-state index < -0.39 is 0 Å². The number of nitrogens with one attached hydrogen (secondary N) is 1. The molecule has 0 aliphatic heterocycles. The Morgan fingerprint density at radius 3 is 3.06 bits per heavy atom. The number of amides is 1. The number of aliphatic hydroxyl groups excluding tert-OH is 1. The summed E-state index contributed by atoms with van der Waals surface area (Å²) in [6.07, 6.45) is 2.94. The van der Waals surface area contributed by atoms with Crippen LogP contribution in [-0.2, 0) is 0 Å². The molecule has 16 heavy (non-hydrogen) atoms. The van der Waals surface area contributed by atoms with Gasteiger partial charge in [0.25, 0.3) is 5.91 Å². The fraction of sp³-hybridized carbons (Fsp3) is 0.455. The number of hydrogen-bond donors (Lipinski definition) is 2. The molecule has 0 aliphatic carbocycles. The summed E-state index contributed by atoms with van der Waals surface area (Å²) in [5.74, 6) is -0.233. The second-order valence-corrected chi connectivity index (χ2v) is 3.94. The number of aliphatic hydroxyl groups is 1. The Hall–Kier alpha value is -1.13.